The number of hydrogen-bond donors (Lipinski definition) is 2. The zero-order valence-corrected chi connectivity index (χ0v) is 18.2. The van der Waals surface area contributed by atoms with E-state index in [1.165, 1.54) is 22.1 Å². The molecule has 3 aromatic carbocycles. The van der Waals surface area contributed by atoms with Gasteiger partial charge >= 0.3 is 0 Å². The van der Waals surface area contributed by atoms with Crippen LogP contribution in [0.15, 0.2) is 89.5 Å². The number of para-hydroxylation sites is 1. The van der Waals surface area contributed by atoms with Gasteiger partial charge in [0.15, 0.2) is 0 Å². The Kier molecular flexibility index (Phi) is 5.57. The number of fused-ring (bicyclic) bond motifs is 1. The van der Waals surface area contributed by atoms with Gasteiger partial charge in [-0.2, -0.15) is 0 Å². The second-order valence-electron chi connectivity index (χ2n) is 8.19. The summed E-state index contributed by atoms with van der Waals surface area (Å²) in [5, 5.41) is 13.4. The largest absolute Gasteiger partial charge is 0.419 e. The molecule has 5 heteroatoms. The molecule has 2 heterocycles. The van der Waals surface area contributed by atoms with Crippen LogP contribution in [0.5, 0.6) is 0 Å². The average molecular weight is 423 g/mol. The van der Waals surface area contributed by atoms with Gasteiger partial charge in [-0.3, -0.25) is 0 Å². The highest BCUT2D eigenvalue weighted by Gasteiger charge is 2.21. The van der Waals surface area contributed by atoms with Crippen LogP contribution in [0.3, 0.4) is 0 Å². The van der Waals surface area contributed by atoms with Crippen LogP contribution >= 0.6 is 0 Å². The maximum Gasteiger partial charge on any atom is 0.247 e. The van der Waals surface area contributed by atoms with E-state index in [0.29, 0.717) is 11.8 Å². The number of nitrogens with one attached hydrogen (secondary N) is 2. The van der Waals surface area contributed by atoms with Crippen molar-refractivity contribution in [1.82, 2.24) is 20.5 Å². The molecule has 0 unspecified atom stereocenters. The van der Waals surface area contributed by atoms with Crippen LogP contribution in [-0.2, 0) is 0 Å². The van der Waals surface area contributed by atoms with Crippen LogP contribution in [0.1, 0.15) is 41.5 Å². The first-order valence-corrected chi connectivity index (χ1v) is 10.9. The fourth-order valence-electron chi connectivity index (χ4n) is 4.08. The summed E-state index contributed by atoms with van der Waals surface area (Å²) in [6.07, 6.45) is 2.12. The van der Waals surface area contributed by atoms with Crippen molar-refractivity contribution in [3.63, 3.8) is 0 Å². The molecule has 0 saturated heterocycles. The number of nitrogens with zero attached hydrogens (tertiary/aromatic N) is 2. The van der Waals surface area contributed by atoms with Crippen molar-refractivity contribution in [3.05, 3.63) is 108 Å². The second-order valence-corrected chi connectivity index (χ2v) is 8.19. The Morgan fingerprint density at radius 2 is 1.66 bits per heavy atom. The van der Waals surface area contributed by atoms with Crippen molar-refractivity contribution in [2.24, 2.45) is 0 Å². The molecule has 0 amide bonds. The van der Waals surface area contributed by atoms with E-state index in [0.717, 1.165) is 17.6 Å². The highest BCUT2D eigenvalue weighted by Crippen LogP contribution is 2.31. The van der Waals surface area contributed by atoms with E-state index in [4.69, 9.17) is 4.42 Å². The molecule has 0 aliphatic carbocycles. The van der Waals surface area contributed by atoms with Crippen LogP contribution < -0.4 is 5.32 Å². The first kappa shape index (κ1) is 20.2. The van der Waals surface area contributed by atoms with Crippen molar-refractivity contribution in [1.29, 1.82) is 0 Å². The van der Waals surface area contributed by atoms with Crippen molar-refractivity contribution in [3.8, 4) is 11.5 Å². The summed E-state index contributed by atoms with van der Waals surface area (Å²) >= 11 is 0. The maximum absolute atomic E-state index is 5.98. The minimum absolute atomic E-state index is 0.0712. The molecule has 0 fully saturated rings. The Balaban J connectivity index is 1.37. The zero-order chi connectivity index (χ0) is 21.9. The van der Waals surface area contributed by atoms with Gasteiger partial charge in [-0.15, -0.1) is 10.2 Å². The van der Waals surface area contributed by atoms with Crippen LogP contribution in [-0.4, -0.2) is 21.7 Å². The van der Waals surface area contributed by atoms with Crippen molar-refractivity contribution >= 4 is 10.9 Å². The molecule has 5 rings (SSSR count). The van der Waals surface area contributed by atoms with Gasteiger partial charge in [-0.1, -0.05) is 66.2 Å². The minimum atomic E-state index is -0.0712. The third-order valence-corrected chi connectivity index (χ3v) is 5.94. The van der Waals surface area contributed by atoms with Crippen LogP contribution in [0.25, 0.3) is 22.4 Å². The lowest BCUT2D eigenvalue weighted by Crippen LogP contribution is -2.25. The normalized spacial score (nSPS) is 13.3. The quantitative estimate of drug-likeness (QED) is 0.337. The Morgan fingerprint density at radius 1 is 0.906 bits per heavy atom. The van der Waals surface area contributed by atoms with E-state index in [1.54, 1.807) is 0 Å². The lowest BCUT2D eigenvalue weighted by Gasteiger charge is -2.20. The molecule has 0 spiro atoms. The molecule has 0 saturated carbocycles. The van der Waals surface area contributed by atoms with E-state index in [1.807, 2.05) is 24.3 Å². The molecule has 32 heavy (non-hydrogen) atoms. The number of H-pyrrole nitrogens is 1. The van der Waals surface area contributed by atoms with E-state index in [-0.39, 0.29) is 12.0 Å². The molecule has 0 bridgehead atoms. The van der Waals surface area contributed by atoms with E-state index < -0.39 is 0 Å². The van der Waals surface area contributed by atoms with Crippen LogP contribution in [0.4, 0.5) is 0 Å². The van der Waals surface area contributed by atoms with Gasteiger partial charge in [-0.05, 0) is 43.2 Å². The zero-order valence-electron chi connectivity index (χ0n) is 18.2. The topological polar surface area (TPSA) is 66.7 Å². The van der Waals surface area contributed by atoms with Gasteiger partial charge in [0, 0.05) is 35.1 Å². The van der Waals surface area contributed by atoms with Crippen LogP contribution in [0.2, 0.25) is 0 Å². The van der Waals surface area contributed by atoms with Gasteiger partial charge in [0.25, 0.3) is 0 Å². The molecule has 2 atom stereocenters. The second kappa shape index (κ2) is 8.81. The lowest BCUT2D eigenvalue weighted by atomic mass is 9.90. The molecule has 5 nitrogen and oxygen atoms in total. The Hall–Kier alpha value is -3.70. The predicted molar refractivity (Wildman–Crippen MR) is 127 cm³/mol. The third-order valence-electron chi connectivity index (χ3n) is 5.94. The van der Waals surface area contributed by atoms with Gasteiger partial charge < -0.3 is 14.7 Å². The molecular formula is C27H26N4O. The maximum atomic E-state index is 5.98. The SMILES string of the molecule is Cc1ccc(-c2nnc([C@@H](C)NC[C@H](c3ccccc3)c3c[nH]c4ccccc34)o2)cc1. The molecule has 160 valence electrons. The van der Waals surface area contributed by atoms with E-state index >= 15 is 0 Å². The summed E-state index contributed by atoms with van der Waals surface area (Å²) in [5.74, 6) is 1.32. The molecule has 2 aromatic heterocycles. The van der Waals surface area contributed by atoms with Gasteiger partial charge in [0.2, 0.25) is 11.8 Å². The smallest absolute Gasteiger partial charge is 0.247 e. The minimum Gasteiger partial charge on any atom is -0.419 e. The lowest BCUT2D eigenvalue weighted by molar-refractivity contribution is 0.418. The number of aromatic nitrogens is 3. The number of rotatable bonds is 7. The van der Waals surface area contributed by atoms with Crippen LogP contribution in [0, 0.1) is 6.92 Å². The summed E-state index contributed by atoms with van der Waals surface area (Å²) in [5.41, 5.74) is 5.83. The van der Waals surface area contributed by atoms with Gasteiger partial charge in [0.05, 0.1) is 6.04 Å². The Bertz CT molecular complexity index is 1300. The predicted octanol–water partition coefficient (Wildman–Crippen LogP) is 6.01. The monoisotopic (exact) mass is 422 g/mol. The Morgan fingerprint density at radius 3 is 2.47 bits per heavy atom. The van der Waals surface area contributed by atoms with E-state index in [9.17, 15) is 0 Å². The summed E-state index contributed by atoms with van der Waals surface area (Å²) in [6.45, 7) is 4.87. The first-order chi connectivity index (χ1) is 15.7. The first-order valence-electron chi connectivity index (χ1n) is 10.9. The molecule has 2 N–H and O–H groups in total. The summed E-state index contributed by atoms with van der Waals surface area (Å²) in [7, 11) is 0. The third kappa shape index (κ3) is 4.07. The van der Waals surface area contributed by atoms with Crippen molar-refractivity contribution < 1.29 is 4.42 Å². The standard InChI is InChI=1S/C27H26N4O/c1-18-12-14-21(15-13-18)27-31-30-26(32-27)19(2)28-16-23(20-8-4-3-5-9-20)24-17-29-25-11-7-6-10-22(24)25/h3-15,17,19,23,28-29H,16H2,1-2H3/t19-,23-/m1/s1. The fraction of sp³-hybridized carbons (Fsp3) is 0.185. The highest BCUT2D eigenvalue weighted by molar-refractivity contribution is 5.84. The summed E-state index contributed by atoms with van der Waals surface area (Å²) < 4.78 is 5.98. The van der Waals surface area contributed by atoms with Crippen molar-refractivity contribution in [2.75, 3.05) is 6.54 Å². The summed E-state index contributed by atoms with van der Waals surface area (Å²) in [4.78, 5) is 3.41. The Labute approximate surface area is 187 Å². The molecule has 0 aliphatic rings. The van der Waals surface area contributed by atoms with Gasteiger partial charge in [0.1, 0.15) is 0 Å². The van der Waals surface area contributed by atoms with Gasteiger partial charge in [-0.25, -0.2) is 0 Å². The van der Waals surface area contributed by atoms with E-state index in [2.05, 4.69) is 95.1 Å². The number of aryl methyl sites for hydroxylation is 1. The average Bonchev–Trinajstić information content (AvgIpc) is 3.49. The number of aromatic amines is 1. The molecule has 0 radical (unpaired) electrons. The molecule has 5 aromatic rings. The number of hydrogen-bond acceptors (Lipinski definition) is 4. The molecular weight excluding hydrogens is 396 g/mol. The molecule has 0 aliphatic heterocycles. The highest BCUT2D eigenvalue weighted by atomic mass is 16.4. The van der Waals surface area contributed by atoms with Crippen molar-refractivity contribution in [2.45, 2.75) is 25.8 Å². The fourth-order valence-corrected chi connectivity index (χ4v) is 4.08. The summed E-state index contributed by atoms with van der Waals surface area (Å²) in [6, 6.07) is 27.1. The number of benzene rings is 3.